The number of hydrogen-bond donors (Lipinski definition) is 0. The molecule has 0 aliphatic heterocycles. The van der Waals surface area contributed by atoms with Gasteiger partial charge in [-0.05, 0) is 57.5 Å². The molecule has 2 rings (SSSR count). The van der Waals surface area contributed by atoms with E-state index in [1.165, 1.54) is 19.3 Å². The first-order valence-electron chi connectivity index (χ1n) is 5.58. The van der Waals surface area contributed by atoms with Crippen LogP contribution in [-0.4, -0.2) is 24.5 Å². The lowest BCUT2D eigenvalue weighted by molar-refractivity contribution is -0.0155. The van der Waals surface area contributed by atoms with Crippen molar-refractivity contribution < 1.29 is 0 Å². The van der Waals surface area contributed by atoms with Crippen LogP contribution in [0.15, 0.2) is 0 Å². The minimum atomic E-state index is 0. The first-order valence-corrected chi connectivity index (χ1v) is 5.58. The Kier molecular flexibility index (Phi) is 2.98. The van der Waals surface area contributed by atoms with Gasteiger partial charge in [-0.15, -0.1) is 12.4 Å². The Hall–Kier alpha value is 0.250. The molecule has 2 aliphatic carbocycles. The average molecular weight is 218 g/mol. The van der Waals surface area contributed by atoms with Crippen molar-refractivity contribution in [2.45, 2.75) is 45.6 Å². The zero-order valence-corrected chi connectivity index (χ0v) is 10.9. The van der Waals surface area contributed by atoms with Crippen LogP contribution in [0.25, 0.3) is 0 Å². The van der Waals surface area contributed by atoms with Crippen LogP contribution in [0, 0.1) is 17.3 Å². The molecule has 0 aromatic rings. The summed E-state index contributed by atoms with van der Waals surface area (Å²) in [6.07, 6.45) is 4.41. The van der Waals surface area contributed by atoms with E-state index in [2.05, 4.69) is 39.8 Å². The molecule has 84 valence electrons. The molecule has 14 heavy (non-hydrogen) atoms. The van der Waals surface area contributed by atoms with Gasteiger partial charge in [0.15, 0.2) is 0 Å². The van der Waals surface area contributed by atoms with Crippen molar-refractivity contribution in [1.82, 2.24) is 4.90 Å². The molecule has 0 aromatic carbocycles. The zero-order valence-electron chi connectivity index (χ0n) is 10.1. The maximum Gasteiger partial charge on any atom is 0.0257 e. The highest BCUT2D eigenvalue weighted by atomic mass is 35.5. The lowest BCUT2D eigenvalue weighted by Gasteiger charge is -2.52. The van der Waals surface area contributed by atoms with E-state index in [1.807, 2.05) is 0 Å². The van der Waals surface area contributed by atoms with Gasteiger partial charge in [-0.3, -0.25) is 0 Å². The van der Waals surface area contributed by atoms with Gasteiger partial charge in [0, 0.05) is 5.54 Å². The van der Waals surface area contributed by atoms with Crippen molar-refractivity contribution in [1.29, 1.82) is 0 Å². The molecule has 2 fully saturated rings. The molecule has 0 spiro atoms. The van der Waals surface area contributed by atoms with Crippen LogP contribution in [0.2, 0.25) is 0 Å². The molecule has 3 atom stereocenters. The van der Waals surface area contributed by atoms with Crippen molar-refractivity contribution in [3.63, 3.8) is 0 Å². The molecule has 2 heteroatoms. The van der Waals surface area contributed by atoms with Gasteiger partial charge in [0.1, 0.15) is 0 Å². The van der Waals surface area contributed by atoms with Crippen molar-refractivity contribution >= 4 is 12.4 Å². The molecule has 2 saturated carbocycles. The van der Waals surface area contributed by atoms with E-state index in [1.54, 1.807) is 0 Å². The highest BCUT2D eigenvalue weighted by Crippen LogP contribution is 2.62. The minimum Gasteiger partial charge on any atom is -0.303 e. The molecular formula is C12H24ClN. The van der Waals surface area contributed by atoms with E-state index in [-0.39, 0.29) is 12.4 Å². The van der Waals surface area contributed by atoms with Crippen LogP contribution in [0.5, 0.6) is 0 Å². The van der Waals surface area contributed by atoms with Crippen LogP contribution in [0.3, 0.4) is 0 Å². The summed E-state index contributed by atoms with van der Waals surface area (Å²) in [5.74, 6) is 1.92. The van der Waals surface area contributed by atoms with E-state index in [9.17, 15) is 0 Å². The second-order valence-corrected chi connectivity index (χ2v) is 5.97. The molecule has 0 unspecified atom stereocenters. The molecule has 0 saturated heterocycles. The van der Waals surface area contributed by atoms with E-state index < -0.39 is 0 Å². The molecule has 0 amide bonds. The quantitative estimate of drug-likeness (QED) is 0.652. The molecule has 0 heterocycles. The smallest absolute Gasteiger partial charge is 0.0257 e. The summed E-state index contributed by atoms with van der Waals surface area (Å²) in [5, 5.41) is 0. The molecule has 0 radical (unpaired) electrons. The normalized spacial score (nSPS) is 44.1. The Morgan fingerprint density at radius 2 is 1.50 bits per heavy atom. The summed E-state index contributed by atoms with van der Waals surface area (Å²) in [4.78, 5) is 2.47. The minimum absolute atomic E-state index is 0. The van der Waals surface area contributed by atoms with Crippen molar-refractivity contribution in [2.24, 2.45) is 17.3 Å². The van der Waals surface area contributed by atoms with Gasteiger partial charge >= 0.3 is 0 Å². The Labute approximate surface area is 94.7 Å². The van der Waals surface area contributed by atoms with Crippen LogP contribution < -0.4 is 0 Å². The Balaban J connectivity index is 0.000000980. The second kappa shape index (κ2) is 3.38. The maximum atomic E-state index is 2.47. The largest absolute Gasteiger partial charge is 0.303 e. The molecule has 2 bridgehead atoms. The van der Waals surface area contributed by atoms with Crippen molar-refractivity contribution in [2.75, 3.05) is 14.1 Å². The van der Waals surface area contributed by atoms with E-state index in [0.717, 1.165) is 11.8 Å². The number of nitrogens with zero attached hydrogens (tertiary/aromatic N) is 1. The van der Waals surface area contributed by atoms with E-state index in [0.29, 0.717) is 11.0 Å². The average Bonchev–Trinajstić information content (AvgIpc) is 2.54. The lowest BCUT2D eigenvalue weighted by atomic mass is 9.63. The molecule has 2 aliphatic rings. The van der Waals surface area contributed by atoms with Crippen molar-refractivity contribution in [3.8, 4) is 0 Å². The highest BCUT2D eigenvalue weighted by Gasteiger charge is 2.61. The predicted molar refractivity (Wildman–Crippen MR) is 64.0 cm³/mol. The third-order valence-electron chi connectivity index (χ3n) is 5.48. The Morgan fingerprint density at radius 3 is 1.79 bits per heavy atom. The summed E-state index contributed by atoms with van der Waals surface area (Å²) in [7, 11) is 4.50. The fourth-order valence-corrected chi connectivity index (χ4v) is 4.03. The van der Waals surface area contributed by atoms with Gasteiger partial charge in [-0.2, -0.15) is 0 Å². The molecule has 0 aromatic heterocycles. The maximum absolute atomic E-state index is 2.47. The summed E-state index contributed by atoms with van der Waals surface area (Å²) >= 11 is 0. The fourth-order valence-electron chi connectivity index (χ4n) is 4.03. The van der Waals surface area contributed by atoms with Crippen LogP contribution >= 0.6 is 12.4 Å². The number of fused-ring (bicyclic) bond motifs is 2. The Bertz CT molecular complexity index is 224. The summed E-state index contributed by atoms with van der Waals surface area (Å²) in [5.41, 5.74) is 0.954. The predicted octanol–water partition coefficient (Wildman–Crippen LogP) is 3.18. The summed E-state index contributed by atoms with van der Waals surface area (Å²) < 4.78 is 0. The van der Waals surface area contributed by atoms with Gasteiger partial charge in [0.2, 0.25) is 0 Å². The standard InChI is InChI=1S/C12H23N.ClH/c1-11(2)9-6-7-10(8-9)12(11,3)13(4)5;/h9-10H,6-8H2,1-5H3;1H/t9-,10+,12-;/m0./s1. The topological polar surface area (TPSA) is 3.24 Å². The monoisotopic (exact) mass is 217 g/mol. The van der Waals surface area contributed by atoms with Crippen LogP contribution in [0.4, 0.5) is 0 Å². The van der Waals surface area contributed by atoms with E-state index in [4.69, 9.17) is 0 Å². The number of halogens is 1. The molecule has 1 nitrogen and oxygen atoms in total. The van der Waals surface area contributed by atoms with Crippen LogP contribution in [0.1, 0.15) is 40.0 Å². The SMILES string of the molecule is CN(C)[C@@]1(C)[C@@H]2CC[C@@H](C2)C1(C)C.Cl. The number of hydrogen-bond acceptors (Lipinski definition) is 1. The van der Waals surface area contributed by atoms with Gasteiger partial charge in [0.05, 0.1) is 0 Å². The van der Waals surface area contributed by atoms with Gasteiger partial charge in [-0.1, -0.05) is 13.8 Å². The Morgan fingerprint density at radius 1 is 1.00 bits per heavy atom. The summed E-state index contributed by atoms with van der Waals surface area (Å²) in [6, 6.07) is 0. The zero-order chi connectivity index (χ0) is 9.85. The highest BCUT2D eigenvalue weighted by molar-refractivity contribution is 5.85. The van der Waals surface area contributed by atoms with Crippen molar-refractivity contribution in [3.05, 3.63) is 0 Å². The van der Waals surface area contributed by atoms with Gasteiger partial charge in [-0.25, -0.2) is 0 Å². The van der Waals surface area contributed by atoms with Crippen LogP contribution in [-0.2, 0) is 0 Å². The third kappa shape index (κ3) is 1.18. The molecule has 0 N–H and O–H groups in total. The fraction of sp³-hybridized carbons (Fsp3) is 1.00. The van der Waals surface area contributed by atoms with Gasteiger partial charge in [0.25, 0.3) is 0 Å². The second-order valence-electron chi connectivity index (χ2n) is 5.97. The van der Waals surface area contributed by atoms with Gasteiger partial charge < -0.3 is 4.90 Å². The third-order valence-corrected chi connectivity index (χ3v) is 5.48. The number of rotatable bonds is 1. The van der Waals surface area contributed by atoms with E-state index >= 15 is 0 Å². The summed E-state index contributed by atoms with van der Waals surface area (Å²) in [6.45, 7) is 7.41. The first-order chi connectivity index (χ1) is 5.90. The first kappa shape index (κ1) is 12.3. The molecular weight excluding hydrogens is 194 g/mol. The lowest BCUT2D eigenvalue weighted by Crippen LogP contribution is -2.56.